The van der Waals surface area contributed by atoms with Crippen LogP contribution in [0.15, 0.2) is 41.0 Å². The molecule has 0 saturated heterocycles. The third kappa shape index (κ3) is 1.54. The Labute approximate surface area is 98.2 Å². The van der Waals surface area contributed by atoms with Crippen molar-refractivity contribution in [3.05, 3.63) is 46.6 Å². The van der Waals surface area contributed by atoms with E-state index >= 15 is 0 Å². The first kappa shape index (κ1) is 4.28. The zero-order valence-electron chi connectivity index (χ0n) is 12.7. The van der Waals surface area contributed by atoms with Gasteiger partial charge < -0.3 is 0 Å². The van der Waals surface area contributed by atoms with Gasteiger partial charge in [-0.25, -0.2) is 4.68 Å². The van der Waals surface area contributed by atoms with Gasteiger partial charge in [-0.1, -0.05) is 12.1 Å². The van der Waals surface area contributed by atoms with Crippen LogP contribution in [0.4, 0.5) is 0 Å². The number of benzene rings is 1. The normalized spacial score (nSPS) is 15.7. The average molecular weight is 254 g/mol. The summed E-state index contributed by atoms with van der Waals surface area (Å²) in [7, 11) is 0. The third-order valence-corrected chi connectivity index (χ3v) is 1.80. The number of halogens is 1. The summed E-state index contributed by atoms with van der Waals surface area (Å²) in [6.45, 7) is 0. The zero-order valence-corrected chi connectivity index (χ0v) is 8.31. The van der Waals surface area contributed by atoms with Gasteiger partial charge in [0.25, 0.3) is 0 Å². The fourth-order valence-electron chi connectivity index (χ4n) is 0.888. The van der Waals surface area contributed by atoms with Crippen LogP contribution in [0, 0.1) is 11.3 Å². The van der Waals surface area contributed by atoms with Crippen molar-refractivity contribution in [1.82, 2.24) is 9.78 Å². The van der Waals surface area contributed by atoms with Gasteiger partial charge in [-0.3, -0.25) is 0 Å². The Balaban J connectivity index is 2.94. The second-order valence-electron chi connectivity index (χ2n) is 2.28. The van der Waals surface area contributed by atoms with Crippen LogP contribution in [0.1, 0.15) is 13.8 Å². The first-order valence-electron chi connectivity index (χ1n) is 6.53. The van der Waals surface area contributed by atoms with Gasteiger partial charge in [0.1, 0.15) is 6.07 Å². The van der Waals surface area contributed by atoms with E-state index < -0.39 is 24.2 Å². The number of hydrogen-bond donors (Lipinski definition) is 0. The van der Waals surface area contributed by atoms with Gasteiger partial charge in [0.15, 0.2) is 0 Å². The SMILES string of the molecule is [2H]c1nn(-c2c([2H])c([2H])c([2H])c([2H])c2C#N)c([2H])c1Br. The maximum absolute atomic E-state index is 9.11. The van der Waals surface area contributed by atoms with Crippen molar-refractivity contribution < 1.29 is 8.22 Å². The van der Waals surface area contributed by atoms with E-state index in [2.05, 4.69) is 21.0 Å². The summed E-state index contributed by atoms with van der Waals surface area (Å²) >= 11 is 2.99. The van der Waals surface area contributed by atoms with Crippen LogP contribution in [-0.4, -0.2) is 9.78 Å². The minimum absolute atomic E-state index is 0.0776. The highest BCUT2D eigenvalue weighted by molar-refractivity contribution is 9.10. The summed E-state index contributed by atoms with van der Waals surface area (Å²) in [6.07, 6.45) is -0.525. The van der Waals surface area contributed by atoms with Crippen LogP contribution in [0.25, 0.3) is 5.69 Å². The predicted molar refractivity (Wildman–Crippen MR) is 56.0 cm³/mol. The Morgan fingerprint density at radius 3 is 2.93 bits per heavy atom. The highest BCUT2D eigenvalue weighted by Gasteiger charge is 2.03. The Bertz CT molecular complexity index is 764. The average Bonchev–Trinajstić information content (AvgIpc) is 2.67. The quantitative estimate of drug-likeness (QED) is 0.784. The molecule has 3 nitrogen and oxygen atoms in total. The first-order chi connectivity index (χ1) is 9.31. The molecule has 0 bridgehead atoms. The van der Waals surface area contributed by atoms with E-state index in [-0.39, 0.29) is 28.1 Å². The van der Waals surface area contributed by atoms with Gasteiger partial charge in [0, 0.05) is 6.17 Å². The van der Waals surface area contributed by atoms with E-state index in [1.807, 2.05) is 0 Å². The van der Waals surface area contributed by atoms with Crippen LogP contribution >= 0.6 is 15.9 Å². The van der Waals surface area contributed by atoms with Gasteiger partial charge >= 0.3 is 0 Å². The Morgan fingerprint density at radius 2 is 2.29 bits per heavy atom. The molecule has 0 unspecified atom stereocenters. The molecule has 0 atom stereocenters. The van der Waals surface area contributed by atoms with Crippen LogP contribution in [-0.2, 0) is 0 Å². The summed E-state index contributed by atoms with van der Waals surface area (Å²) in [4.78, 5) is 0. The molecule has 1 aromatic heterocycles. The molecule has 0 aliphatic rings. The van der Waals surface area contributed by atoms with Crippen molar-refractivity contribution >= 4 is 15.9 Å². The lowest BCUT2D eigenvalue weighted by Gasteiger charge is -2.01. The van der Waals surface area contributed by atoms with Crippen molar-refractivity contribution in [2.45, 2.75) is 0 Å². The summed E-state index contributed by atoms with van der Waals surface area (Å²) in [5.74, 6) is 0. The van der Waals surface area contributed by atoms with E-state index in [1.165, 1.54) is 0 Å². The van der Waals surface area contributed by atoms with Gasteiger partial charge in [-0.2, -0.15) is 10.4 Å². The van der Waals surface area contributed by atoms with Gasteiger partial charge in [-0.05, 0) is 28.0 Å². The maximum atomic E-state index is 9.11. The van der Waals surface area contributed by atoms with Crippen molar-refractivity contribution in [3.8, 4) is 11.8 Å². The molecule has 2 aromatic rings. The van der Waals surface area contributed by atoms with E-state index in [1.54, 1.807) is 6.07 Å². The fourth-order valence-corrected chi connectivity index (χ4v) is 1.14. The molecule has 0 N–H and O–H groups in total. The second kappa shape index (κ2) is 3.64. The summed E-state index contributed by atoms with van der Waals surface area (Å²) in [6, 6.07) is -0.339. The van der Waals surface area contributed by atoms with Gasteiger partial charge in [0.2, 0.25) is 0 Å². The molecule has 68 valence electrons. The topological polar surface area (TPSA) is 41.6 Å². The second-order valence-corrected chi connectivity index (χ2v) is 3.08. The molecule has 1 heterocycles. The number of para-hydroxylation sites is 1. The minimum Gasteiger partial charge on any atom is -0.238 e. The lowest BCUT2D eigenvalue weighted by Crippen LogP contribution is -1.96. The smallest absolute Gasteiger partial charge is 0.101 e. The summed E-state index contributed by atoms with van der Waals surface area (Å²) < 4.78 is 46.9. The van der Waals surface area contributed by atoms with E-state index in [0.717, 1.165) is 4.68 Å². The number of aromatic nitrogens is 2. The molecule has 4 heteroatoms. The molecule has 0 aliphatic carbocycles. The summed E-state index contributed by atoms with van der Waals surface area (Å²) in [5.41, 5.74) is -0.554. The lowest BCUT2D eigenvalue weighted by atomic mass is 10.2. The van der Waals surface area contributed by atoms with Crippen LogP contribution in [0.2, 0.25) is 0 Å². The molecule has 14 heavy (non-hydrogen) atoms. The molecule has 0 fully saturated rings. The van der Waals surface area contributed by atoms with E-state index in [9.17, 15) is 0 Å². The zero-order chi connectivity index (χ0) is 15.2. The van der Waals surface area contributed by atoms with Crippen molar-refractivity contribution in [3.63, 3.8) is 0 Å². The largest absolute Gasteiger partial charge is 0.238 e. The molecule has 0 saturated carbocycles. The van der Waals surface area contributed by atoms with Crippen LogP contribution < -0.4 is 0 Å². The van der Waals surface area contributed by atoms with Gasteiger partial charge in [-0.15, -0.1) is 0 Å². The van der Waals surface area contributed by atoms with E-state index in [0.29, 0.717) is 0 Å². The van der Waals surface area contributed by atoms with Crippen LogP contribution in [0.3, 0.4) is 0 Å². The molecule has 0 radical (unpaired) electrons. The van der Waals surface area contributed by atoms with Crippen molar-refractivity contribution in [2.75, 3.05) is 0 Å². The van der Waals surface area contributed by atoms with Crippen molar-refractivity contribution in [1.29, 1.82) is 5.26 Å². The highest BCUT2D eigenvalue weighted by Crippen LogP contribution is 2.15. The standard InChI is InChI=1S/C10H6BrN3/c11-9-6-13-14(7-9)10-4-2-1-3-8(10)5-12/h1-4,6-7H/i1D,2D,3D,4D,6D,7D. The minimum atomic E-state index is -0.529. The predicted octanol–water partition coefficient (Wildman–Crippen LogP) is 2.51. The number of nitrogens with zero attached hydrogens (tertiary/aromatic N) is 3. The molecular weight excluding hydrogens is 242 g/mol. The molecule has 0 amide bonds. The monoisotopic (exact) mass is 253 g/mol. The molecule has 0 spiro atoms. The number of rotatable bonds is 1. The third-order valence-electron chi connectivity index (χ3n) is 1.44. The maximum Gasteiger partial charge on any atom is 0.101 e. The molecule has 2 rings (SSSR count). The number of hydrogen-bond acceptors (Lipinski definition) is 2. The Hall–Kier alpha value is -1.60. The van der Waals surface area contributed by atoms with Gasteiger partial charge in [0.05, 0.1) is 30.1 Å². The molecular formula is C10H6BrN3. The molecule has 1 aromatic carbocycles. The number of nitriles is 1. The molecule has 0 aliphatic heterocycles. The first-order valence-corrected chi connectivity index (χ1v) is 4.33. The Morgan fingerprint density at radius 1 is 1.50 bits per heavy atom. The highest BCUT2D eigenvalue weighted by atomic mass is 79.9. The fraction of sp³-hybridized carbons (Fsp3) is 0. The Kier molecular flexibility index (Phi) is 1.11. The van der Waals surface area contributed by atoms with Crippen LogP contribution in [0.5, 0.6) is 0 Å². The van der Waals surface area contributed by atoms with E-state index in [4.69, 9.17) is 13.5 Å². The lowest BCUT2D eigenvalue weighted by molar-refractivity contribution is 0.877. The van der Waals surface area contributed by atoms with Crippen molar-refractivity contribution in [2.24, 2.45) is 0 Å². The summed E-state index contributed by atoms with van der Waals surface area (Å²) in [5, 5.41) is 12.8.